The zero-order chi connectivity index (χ0) is 14.0. The highest BCUT2D eigenvalue weighted by molar-refractivity contribution is 7.99. The molecular weight excluding hydrogens is 264 g/mol. The zero-order valence-corrected chi connectivity index (χ0v) is 11.5. The molecule has 0 aliphatic rings. The normalized spacial score (nSPS) is 10.5. The number of hydrogen-bond donors (Lipinski definition) is 1. The second-order valence-corrected chi connectivity index (χ2v) is 4.88. The summed E-state index contributed by atoms with van der Waals surface area (Å²) < 4.78 is 0. The molecule has 0 amide bonds. The maximum absolute atomic E-state index is 11.0. The molecule has 98 valence electrons. The number of nitrogens with zero attached hydrogens (tertiary/aromatic N) is 4. The number of hydrogen-bond acceptors (Lipinski definition) is 6. The van der Waals surface area contributed by atoms with Gasteiger partial charge in [-0.2, -0.15) is 0 Å². The van der Waals surface area contributed by atoms with Crippen molar-refractivity contribution in [1.82, 2.24) is 19.9 Å². The van der Waals surface area contributed by atoms with E-state index in [-0.39, 0.29) is 10.7 Å². The molecule has 0 aliphatic heterocycles. The first-order valence-electron chi connectivity index (χ1n) is 5.53. The number of aromatic carboxylic acids is 1. The molecule has 1 N–H and O–H groups in total. The van der Waals surface area contributed by atoms with E-state index in [0.717, 1.165) is 28.7 Å². The van der Waals surface area contributed by atoms with Gasteiger partial charge >= 0.3 is 5.97 Å². The van der Waals surface area contributed by atoms with Gasteiger partial charge in [0.25, 0.3) is 0 Å². The molecule has 0 saturated heterocycles. The first-order chi connectivity index (χ1) is 8.99. The topological polar surface area (TPSA) is 88.9 Å². The van der Waals surface area contributed by atoms with Gasteiger partial charge in [-0.15, -0.1) is 0 Å². The Labute approximate surface area is 114 Å². The van der Waals surface area contributed by atoms with Crippen molar-refractivity contribution in [1.29, 1.82) is 0 Å². The Morgan fingerprint density at radius 2 is 1.68 bits per heavy atom. The van der Waals surface area contributed by atoms with E-state index in [0.29, 0.717) is 5.16 Å². The summed E-state index contributed by atoms with van der Waals surface area (Å²) in [5, 5.41) is 9.81. The van der Waals surface area contributed by atoms with Crippen LogP contribution in [0, 0.1) is 20.8 Å². The maximum atomic E-state index is 11.0. The standard InChI is InChI=1S/C12H12N4O2S/c1-6-7(2)15-12(16-8(6)3)19-10-9(11(17)18)13-4-5-14-10/h4-5H,1-3H3,(H,17,18). The summed E-state index contributed by atoms with van der Waals surface area (Å²) >= 11 is 1.10. The Bertz CT molecular complexity index is 622. The first-order valence-corrected chi connectivity index (χ1v) is 6.34. The average molecular weight is 276 g/mol. The Balaban J connectivity index is 2.39. The van der Waals surface area contributed by atoms with Gasteiger partial charge in [0.2, 0.25) is 0 Å². The third-order valence-corrected chi connectivity index (χ3v) is 3.52. The molecule has 0 spiro atoms. The minimum atomic E-state index is -1.11. The van der Waals surface area contributed by atoms with E-state index in [4.69, 9.17) is 5.11 Å². The van der Waals surface area contributed by atoms with Crippen LogP contribution in [0.1, 0.15) is 27.4 Å². The fraction of sp³-hybridized carbons (Fsp3) is 0.250. The van der Waals surface area contributed by atoms with Crippen molar-refractivity contribution < 1.29 is 9.90 Å². The Morgan fingerprint density at radius 1 is 1.11 bits per heavy atom. The molecule has 2 aromatic heterocycles. The van der Waals surface area contributed by atoms with Crippen LogP contribution in [-0.2, 0) is 0 Å². The summed E-state index contributed by atoms with van der Waals surface area (Å²) in [6.07, 6.45) is 2.79. The summed E-state index contributed by atoms with van der Waals surface area (Å²) in [6, 6.07) is 0. The third kappa shape index (κ3) is 2.87. The van der Waals surface area contributed by atoms with Gasteiger partial charge in [-0.3, -0.25) is 0 Å². The summed E-state index contributed by atoms with van der Waals surface area (Å²) in [5.41, 5.74) is 2.68. The molecule has 19 heavy (non-hydrogen) atoms. The van der Waals surface area contributed by atoms with Crippen molar-refractivity contribution in [3.8, 4) is 0 Å². The minimum Gasteiger partial charge on any atom is -0.476 e. The van der Waals surface area contributed by atoms with Crippen LogP contribution in [-0.4, -0.2) is 31.0 Å². The maximum Gasteiger partial charge on any atom is 0.357 e. The molecule has 0 radical (unpaired) electrons. The minimum absolute atomic E-state index is 0.0908. The van der Waals surface area contributed by atoms with E-state index in [1.165, 1.54) is 12.4 Å². The van der Waals surface area contributed by atoms with E-state index in [1.807, 2.05) is 20.8 Å². The van der Waals surface area contributed by atoms with E-state index in [2.05, 4.69) is 19.9 Å². The van der Waals surface area contributed by atoms with Gasteiger partial charge in [0, 0.05) is 23.8 Å². The van der Waals surface area contributed by atoms with Crippen molar-refractivity contribution in [2.75, 3.05) is 0 Å². The van der Waals surface area contributed by atoms with Crippen LogP contribution in [0.4, 0.5) is 0 Å². The van der Waals surface area contributed by atoms with Crippen LogP contribution in [0.5, 0.6) is 0 Å². The monoisotopic (exact) mass is 276 g/mol. The number of rotatable bonds is 3. The molecule has 2 rings (SSSR count). The van der Waals surface area contributed by atoms with Crippen molar-refractivity contribution in [2.24, 2.45) is 0 Å². The quantitative estimate of drug-likeness (QED) is 0.858. The van der Waals surface area contributed by atoms with Crippen molar-refractivity contribution in [3.63, 3.8) is 0 Å². The second-order valence-electron chi connectivity index (χ2n) is 3.92. The predicted octanol–water partition coefficient (Wildman–Crippen LogP) is 2.04. The highest BCUT2D eigenvalue weighted by atomic mass is 32.2. The van der Waals surface area contributed by atoms with E-state index >= 15 is 0 Å². The molecule has 0 saturated carbocycles. The lowest BCUT2D eigenvalue weighted by Crippen LogP contribution is -2.05. The van der Waals surface area contributed by atoms with E-state index in [9.17, 15) is 4.79 Å². The smallest absolute Gasteiger partial charge is 0.357 e. The first kappa shape index (κ1) is 13.4. The fourth-order valence-electron chi connectivity index (χ4n) is 1.42. The van der Waals surface area contributed by atoms with Gasteiger partial charge in [0.05, 0.1) is 0 Å². The Hall–Kier alpha value is -2.02. The number of carboxylic acids is 1. The van der Waals surface area contributed by atoms with Crippen LogP contribution >= 0.6 is 11.8 Å². The van der Waals surface area contributed by atoms with Crippen molar-refractivity contribution in [2.45, 2.75) is 31.0 Å². The molecule has 7 heteroatoms. The van der Waals surface area contributed by atoms with Gasteiger partial charge < -0.3 is 5.11 Å². The molecule has 0 unspecified atom stereocenters. The summed E-state index contributed by atoms with van der Waals surface area (Å²) in [7, 11) is 0. The molecule has 0 aliphatic carbocycles. The van der Waals surface area contributed by atoms with E-state index in [1.54, 1.807) is 0 Å². The van der Waals surface area contributed by atoms with Crippen molar-refractivity contribution >= 4 is 17.7 Å². The van der Waals surface area contributed by atoms with Crippen LogP contribution in [0.25, 0.3) is 0 Å². The molecular formula is C12H12N4O2S. The summed E-state index contributed by atoms with van der Waals surface area (Å²) in [6.45, 7) is 5.73. The number of carboxylic acid groups (broad SMARTS) is 1. The van der Waals surface area contributed by atoms with Gasteiger partial charge in [-0.05, 0) is 38.1 Å². The van der Waals surface area contributed by atoms with Crippen LogP contribution < -0.4 is 0 Å². The Kier molecular flexibility index (Phi) is 3.75. The number of aromatic nitrogens is 4. The zero-order valence-electron chi connectivity index (χ0n) is 10.7. The molecule has 0 aromatic carbocycles. The lowest BCUT2D eigenvalue weighted by Gasteiger charge is -2.07. The molecule has 2 aromatic rings. The summed E-state index contributed by atoms with van der Waals surface area (Å²) in [5.74, 6) is -1.11. The number of carbonyl (C=O) groups is 1. The summed E-state index contributed by atoms with van der Waals surface area (Å²) in [4.78, 5) is 27.5. The highest BCUT2D eigenvalue weighted by Gasteiger charge is 2.16. The van der Waals surface area contributed by atoms with Gasteiger partial charge in [0.15, 0.2) is 10.9 Å². The van der Waals surface area contributed by atoms with Gasteiger partial charge in [-0.1, -0.05) is 0 Å². The molecule has 2 heterocycles. The van der Waals surface area contributed by atoms with Crippen LogP contribution in [0.15, 0.2) is 22.6 Å². The van der Waals surface area contributed by atoms with E-state index < -0.39 is 5.97 Å². The SMILES string of the molecule is Cc1nc(Sc2nccnc2C(=O)O)nc(C)c1C. The van der Waals surface area contributed by atoms with Crippen molar-refractivity contribution in [3.05, 3.63) is 35.0 Å². The van der Waals surface area contributed by atoms with Crippen LogP contribution in [0.2, 0.25) is 0 Å². The molecule has 6 nitrogen and oxygen atoms in total. The average Bonchev–Trinajstić information content (AvgIpc) is 2.36. The van der Waals surface area contributed by atoms with Crippen LogP contribution in [0.3, 0.4) is 0 Å². The molecule has 0 bridgehead atoms. The number of aryl methyl sites for hydroxylation is 2. The Morgan fingerprint density at radius 3 is 2.26 bits per heavy atom. The lowest BCUT2D eigenvalue weighted by molar-refractivity contribution is 0.0685. The molecule has 0 atom stereocenters. The molecule has 0 fully saturated rings. The largest absolute Gasteiger partial charge is 0.476 e. The van der Waals surface area contributed by atoms with Gasteiger partial charge in [-0.25, -0.2) is 24.7 Å². The third-order valence-electron chi connectivity index (χ3n) is 2.67. The second kappa shape index (κ2) is 5.31. The van der Waals surface area contributed by atoms with Gasteiger partial charge in [0.1, 0.15) is 5.03 Å². The fourth-order valence-corrected chi connectivity index (χ4v) is 2.31. The highest BCUT2D eigenvalue weighted by Crippen LogP contribution is 2.26. The predicted molar refractivity (Wildman–Crippen MR) is 69.4 cm³/mol. The lowest BCUT2D eigenvalue weighted by atomic mass is 10.2.